The van der Waals surface area contributed by atoms with Crippen molar-refractivity contribution in [3.8, 4) is 11.5 Å². The molecule has 0 saturated heterocycles. The summed E-state index contributed by atoms with van der Waals surface area (Å²) in [6.45, 7) is 4.42. The Bertz CT molecular complexity index is 1010. The molecule has 0 aliphatic carbocycles. The van der Waals surface area contributed by atoms with Crippen molar-refractivity contribution >= 4 is 40.6 Å². The molecule has 1 aromatic heterocycles. The number of carbonyl (C=O) groups excluding carboxylic acids is 2. The van der Waals surface area contributed by atoms with E-state index in [0.29, 0.717) is 14.9 Å². The summed E-state index contributed by atoms with van der Waals surface area (Å²) in [6.07, 6.45) is 16.1. The largest absolute Gasteiger partial charge is 0.507 e. The maximum Gasteiger partial charge on any atom is 0.227 e. The van der Waals surface area contributed by atoms with Gasteiger partial charge in [-0.2, -0.15) is 0 Å². The molecule has 0 saturated carbocycles. The number of aromatic hydroxyl groups is 2. The Morgan fingerprint density at radius 2 is 1.49 bits per heavy atom. The summed E-state index contributed by atoms with van der Waals surface area (Å²) in [5.74, 6) is -0.455. The van der Waals surface area contributed by atoms with Crippen LogP contribution in [0.1, 0.15) is 109 Å². The van der Waals surface area contributed by atoms with Gasteiger partial charge in [-0.05, 0) is 18.9 Å². The molecule has 0 aliphatic rings. The van der Waals surface area contributed by atoms with Gasteiger partial charge < -0.3 is 20.8 Å². The number of thiazole rings is 1. The second-order valence-electron chi connectivity index (χ2n) is 10.2. The van der Waals surface area contributed by atoms with Crippen molar-refractivity contribution in [2.75, 3.05) is 12.4 Å². The predicted octanol–water partition coefficient (Wildman–Crippen LogP) is 8.05. The topological polar surface area (TPSA) is 112 Å². The first-order valence-electron chi connectivity index (χ1n) is 14.6. The fourth-order valence-corrected chi connectivity index (χ4v) is 6.32. The summed E-state index contributed by atoms with van der Waals surface area (Å²) in [5.41, 5.74) is 0.869. The van der Waals surface area contributed by atoms with Crippen LogP contribution in [0.2, 0.25) is 0 Å². The summed E-state index contributed by atoms with van der Waals surface area (Å²) in [4.78, 5) is 29.7. The van der Waals surface area contributed by atoms with E-state index in [1.54, 1.807) is 12.4 Å². The number of hydrogen-bond donors (Lipinski definition) is 4. The summed E-state index contributed by atoms with van der Waals surface area (Å²) in [6, 6.07) is 2.85. The number of nitrogens with zero attached hydrogens (tertiary/aromatic N) is 1. The molecule has 1 atom stereocenters. The Morgan fingerprint density at radius 1 is 0.897 bits per heavy atom. The molecule has 0 bridgehead atoms. The molecule has 1 unspecified atom stereocenters. The molecule has 4 N–H and O–H groups in total. The molecule has 9 heteroatoms. The minimum Gasteiger partial charge on any atom is -0.507 e. The predicted molar refractivity (Wildman–Crippen MR) is 162 cm³/mol. The van der Waals surface area contributed by atoms with Crippen LogP contribution in [-0.4, -0.2) is 34.1 Å². The molecule has 218 valence electrons. The lowest BCUT2D eigenvalue weighted by Gasteiger charge is -2.18. The van der Waals surface area contributed by atoms with E-state index in [-0.39, 0.29) is 41.3 Å². The van der Waals surface area contributed by atoms with E-state index in [1.165, 1.54) is 86.6 Å². The molecule has 39 heavy (non-hydrogen) atoms. The average Bonchev–Trinajstić information content (AvgIpc) is 3.35. The number of amides is 2. The molecule has 0 fully saturated rings. The van der Waals surface area contributed by atoms with Gasteiger partial charge in [0.05, 0.1) is 22.7 Å². The second kappa shape index (κ2) is 18.9. The Balaban J connectivity index is 1.98. The first-order chi connectivity index (χ1) is 18.9. The zero-order valence-electron chi connectivity index (χ0n) is 23.9. The smallest absolute Gasteiger partial charge is 0.227 e. The van der Waals surface area contributed by atoms with Crippen LogP contribution in [0.15, 0.2) is 26.7 Å². The van der Waals surface area contributed by atoms with E-state index in [2.05, 4.69) is 29.5 Å². The highest BCUT2D eigenvalue weighted by molar-refractivity contribution is 8.01. The summed E-state index contributed by atoms with van der Waals surface area (Å²) >= 11 is 2.58. The van der Waals surface area contributed by atoms with Gasteiger partial charge in [0.15, 0.2) is 4.34 Å². The van der Waals surface area contributed by atoms with Crippen LogP contribution in [0.4, 0.5) is 5.69 Å². The summed E-state index contributed by atoms with van der Waals surface area (Å²) in [5, 5.41) is 28.5. The van der Waals surface area contributed by atoms with Gasteiger partial charge in [0, 0.05) is 24.4 Å². The molecule has 7 nitrogen and oxygen atoms in total. The van der Waals surface area contributed by atoms with Gasteiger partial charge in [-0.1, -0.05) is 103 Å². The fourth-order valence-electron chi connectivity index (χ4n) is 4.49. The van der Waals surface area contributed by atoms with E-state index in [9.17, 15) is 19.8 Å². The molecule has 0 radical (unpaired) electrons. The van der Waals surface area contributed by atoms with Crippen LogP contribution in [0.5, 0.6) is 11.5 Å². The van der Waals surface area contributed by atoms with Gasteiger partial charge in [0.1, 0.15) is 11.5 Å². The highest BCUT2D eigenvalue weighted by Gasteiger charge is 2.21. The van der Waals surface area contributed by atoms with Gasteiger partial charge in [-0.3, -0.25) is 9.59 Å². The van der Waals surface area contributed by atoms with E-state index < -0.39 is 0 Å². The molecule has 1 heterocycles. The number of carbonyl (C=O) groups is 2. The summed E-state index contributed by atoms with van der Waals surface area (Å²) < 4.78 is 0.651. The molecule has 2 amide bonds. The van der Waals surface area contributed by atoms with Gasteiger partial charge in [-0.25, -0.2) is 4.98 Å². The first kappa shape index (κ1) is 32.9. The van der Waals surface area contributed by atoms with Gasteiger partial charge >= 0.3 is 0 Å². The van der Waals surface area contributed by atoms with Crippen molar-refractivity contribution in [2.24, 2.45) is 5.92 Å². The van der Waals surface area contributed by atoms with Crippen LogP contribution >= 0.6 is 23.1 Å². The Labute approximate surface area is 242 Å². The van der Waals surface area contributed by atoms with Crippen molar-refractivity contribution in [3.05, 3.63) is 23.2 Å². The lowest BCUT2D eigenvalue weighted by atomic mass is 9.93. The van der Waals surface area contributed by atoms with Crippen molar-refractivity contribution < 1.29 is 19.8 Å². The number of phenols is 2. The van der Waals surface area contributed by atoms with E-state index in [0.717, 1.165) is 38.5 Å². The number of likely N-dealkylation sites (N-methyl/N-ethyl adjacent to an activating group) is 1. The lowest BCUT2D eigenvalue weighted by molar-refractivity contribution is -0.121. The standard InChI is InChI=1S/C30H47N3O4S2/c1-4-6-8-10-11-13-15-17-22(16-14-12-9-7-5-2)29(37)33-24-19-26(35)27(20-25(24)34)39-30-32-23(21-38-30)18-28(36)31-3/h19-22,34-35H,4-18H2,1-3H3,(H,31,36)(H,33,37). The average molecular weight is 578 g/mol. The Morgan fingerprint density at radius 3 is 2.08 bits per heavy atom. The number of hydrogen-bond acceptors (Lipinski definition) is 7. The molecule has 0 spiro atoms. The van der Waals surface area contributed by atoms with Crippen LogP contribution in [0.25, 0.3) is 0 Å². The normalized spacial score (nSPS) is 11.9. The zero-order chi connectivity index (χ0) is 28.5. The minimum atomic E-state index is -0.122. The second-order valence-corrected chi connectivity index (χ2v) is 12.3. The van der Waals surface area contributed by atoms with Gasteiger partial charge in [0.2, 0.25) is 11.8 Å². The number of rotatable bonds is 20. The van der Waals surface area contributed by atoms with Crippen molar-refractivity contribution in [1.82, 2.24) is 10.3 Å². The highest BCUT2D eigenvalue weighted by Crippen LogP contribution is 2.41. The molecular formula is C30H47N3O4S2. The van der Waals surface area contributed by atoms with Crippen molar-refractivity contribution in [2.45, 2.75) is 119 Å². The number of anilines is 1. The highest BCUT2D eigenvalue weighted by atomic mass is 32.2. The lowest BCUT2D eigenvalue weighted by Crippen LogP contribution is -2.23. The summed E-state index contributed by atoms with van der Waals surface area (Å²) in [7, 11) is 1.58. The van der Waals surface area contributed by atoms with E-state index in [1.807, 2.05) is 0 Å². The third-order valence-corrected chi connectivity index (χ3v) is 8.90. The fraction of sp³-hybridized carbons (Fsp3) is 0.633. The number of nitrogens with one attached hydrogen (secondary N) is 2. The van der Waals surface area contributed by atoms with Crippen LogP contribution in [0, 0.1) is 5.92 Å². The van der Waals surface area contributed by atoms with Crippen molar-refractivity contribution in [1.29, 1.82) is 0 Å². The molecular weight excluding hydrogens is 530 g/mol. The third-order valence-electron chi connectivity index (χ3n) is 6.87. The SMILES string of the molecule is CCCCCCCCCC(CCCCCCC)C(=O)Nc1cc(O)c(Sc2nc(CC(=O)NC)cs2)cc1O. The molecule has 2 rings (SSSR count). The minimum absolute atomic E-state index is 0.0423. The third kappa shape index (κ3) is 12.6. The molecule has 2 aromatic rings. The first-order valence-corrected chi connectivity index (χ1v) is 16.3. The number of benzene rings is 1. The quantitative estimate of drug-likeness (QED) is 0.0720. The van der Waals surface area contributed by atoms with Crippen molar-refractivity contribution in [3.63, 3.8) is 0 Å². The van der Waals surface area contributed by atoms with Crippen LogP contribution in [-0.2, 0) is 16.0 Å². The molecule has 0 aliphatic heterocycles. The van der Waals surface area contributed by atoms with Crippen LogP contribution < -0.4 is 10.6 Å². The Kier molecular flexibility index (Phi) is 16.0. The maximum atomic E-state index is 13.2. The number of unbranched alkanes of at least 4 members (excludes halogenated alkanes) is 10. The van der Waals surface area contributed by atoms with Crippen LogP contribution in [0.3, 0.4) is 0 Å². The maximum absolute atomic E-state index is 13.2. The Hall–Kier alpha value is -2.26. The van der Waals surface area contributed by atoms with E-state index >= 15 is 0 Å². The molecule has 1 aromatic carbocycles. The van der Waals surface area contributed by atoms with E-state index in [4.69, 9.17) is 0 Å². The number of aromatic nitrogens is 1. The zero-order valence-corrected chi connectivity index (χ0v) is 25.5. The monoisotopic (exact) mass is 577 g/mol. The van der Waals surface area contributed by atoms with Gasteiger partial charge in [-0.15, -0.1) is 11.3 Å². The van der Waals surface area contributed by atoms with Gasteiger partial charge in [0.25, 0.3) is 0 Å². The number of phenolic OH excluding ortho intramolecular Hbond substituents is 2.